The van der Waals surface area contributed by atoms with Crippen LogP contribution in [0.15, 0.2) is 64.2 Å². The number of aromatic amines is 1. The molecule has 2 aromatic carbocycles. The van der Waals surface area contributed by atoms with Gasteiger partial charge in [0.1, 0.15) is 11.6 Å². The summed E-state index contributed by atoms with van der Waals surface area (Å²) < 4.78 is 6.71. The predicted molar refractivity (Wildman–Crippen MR) is 127 cm³/mol. The predicted octanol–water partition coefficient (Wildman–Crippen LogP) is 2.44. The van der Waals surface area contributed by atoms with Gasteiger partial charge in [-0.1, -0.05) is 49.7 Å². The van der Waals surface area contributed by atoms with Crippen molar-refractivity contribution in [3.05, 3.63) is 91.1 Å². The number of nitrogens with two attached hydrogens (primary N) is 1. The summed E-state index contributed by atoms with van der Waals surface area (Å²) in [5, 5.41) is 11.0. The number of nitrogens with one attached hydrogen (secondary N) is 1. The van der Waals surface area contributed by atoms with E-state index in [1.54, 1.807) is 24.3 Å². The number of unbranched alkanes of at least 4 members (excludes halogenated alkanes) is 1. The largest absolute Gasteiger partial charge is 0.483 e. The Kier molecular flexibility index (Phi) is 7.80. The number of benzene rings is 2. The number of H-pyrrole nitrogens is 1. The maximum Gasteiger partial charge on any atom is 0.330 e. The van der Waals surface area contributed by atoms with Crippen LogP contribution in [0.25, 0.3) is 0 Å². The summed E-state index contributed by atoms with van der Waals surface area (Å²) in [6.45, 7) is 1.71. The topological polar surface area (TPSA) is 154 Å². The number of amides is 1. The summed E-state index contributed by atoms with van der Waals surface area (Å²) in [7, 11) is 0. The van der Waals surface area contributed by atoms with Crippen LogP contribution in [0.5, 0.6) is 5.75 Å². The van der Waals surface area contributed by atoms with Crippen LogP contribution in [0.1, 0.15) is 25.3 Å². The highest BCUT2D eigenvalue weighted by molar-refractivity contribution is 5.96. The van der Waals surface area contributed by atoms with Crippen molar-refractivity contribution in [2.24, 2.45) is 0 Å². The second-order valence-electron chi connectivity index (χ2n) is 7.51. The van der Waals surface area contributed by atoms with Gasteiger partial charge in [-0.3, -0.25) is 34.2 Å². The van der Waals surface area contributed by atoms with Crippen molar-refractivity contribution in [3.8, 4) is 5.75 Å². The van der Waals surface area contributed by atoms with E-state index < -0.39 is 28.7 Å². The highest BCUT2D eigenvalue weighted by Crippen LogP contribution is 2.22. The Morgan fingerprint density at radius 1 is 1.18 bits per heavy atom. The summed E-state index contributed by atoms with van der Waals surface area (Å²) in [4.78, 5) is 52.1. The van der Waals surface area contributed by atoms with Gasteiger partial charge in [0.2, 0.25) is 0 Å². The first kappa shape index (κ1) is 24.2. The van der Waals surface area contributed by atoms with E-state index in [9.17, 15) is 24.5 Å². The molecule has 0 saturated carbocycles. The lowest BCUT2D eigenvalue weighted by molar-refractivity contribution is -0.384. The van der Waals surface area contributed by atoms with Crippen molar-refractivity contribution in [3.63, 3.8) is 0 Å². The number of hydrogen-bond acceptors (Lipinski definition) is 7. The van der Waals surface area contributed by atoms with Gasteiger partial charge in [0.25, 0.3) is 17.2 Å². The summed E-state index contributed by atoms with van der Waals surface area (Å²) in [6.07, 6.45) is 1.45. The van der Waals surface area contributed by atoms with Gasteiger partial charge in [-0.05, 0) is 18.1 Å². The zero-order valence-corrected chi connectivity index (χ0v) is 18.6. The van der Waals surface area contributed by atoms with Gasteiger partial charge in [0.15, 0.2) is 12.3 Å². The lowest BCUT2D eigenvalue weighted by Gasteiger charge is -2.24. The number of nitrogen functional groups attached to an aromatic ring is 1. The zero-order chi connectivity index (χ0) is 24.7. The molecule has 3 N–H and O–H groups in total. The molecule has 0 fully saturated rings. The van der Waals surface area contributed by atoms with E-state index in [-0.39, 0.29) is 36.0 Å². The van der Waals surface area contributed by atoms with Crippen molar-refractivity contribution in [1.82, 2.24) is 9.55 Å². The quantitative estimate of drug-likeness (QED) is 0.343. The summed E-state index contributed by atoms with van der Waals surface area (Å²) >= 11 is 0. The average Bonchev–Trinajstić information content (AvgIpc) is 2.82. The number of carbonyl (C=O) groups is 1. The summed E-state index contributed by atoms with van der Waals surface area (Å²) in [6, 6.07) is 14.4. The fourth-order valence-electron chi connectivity index (χ4n) is 3.34. The molecular formula is C23H25N5O6. The van der Waals surface area contributed by atoms with E-state index in [2.05, 4.69) is 4.98 Å². The van der Waals surface area contributed by atoms with Crippen molar-refractivity contribution in [1.29, 1.82) is 0 Å². The number of hydrogen-bond donors (Lipinski definition) is 2. The first-order valence-electron chi connectivity index (χ1n) is 10.7. The summed E-state index contributed by atoms with van der Waals surface area (Å²) in [5.41, 5.74) is 5.14. The molecule has 0 bridgehead atoms. The molecule has 11 nitrogen and oxygen atoms in total. The molecule has 1 amide bonds. The monoisotopic (exact) mass is 467 g/mol. The van der Waals surface area contributed by atoms with Crippen molar-refractivity contribution in [2.75, 3.05) is 17.2 Å². The van der Waals surface area contributed by atoms with Crippen LogP contribution in [0.4, 0.5) is 17.2 Å². The van der Waals surface area contributed by atoms with Crippen LogP contribution >= 0.6 is 0 Å². The fraction of sp³-hybridized carbons (Fsp3) is 0.261. The molecule has 1 heterocycles. The number of nitro benzene ring substituents is 1. The third-order valence-corrected chi connectivity index (χ3v) is 5.09. The van der Waals surface area contributed by atoms with Crippen molar-refractivity contribution < 1.29 is 14.5 Å². The number of non-ortho nitro benzene ring substituents is 1. The minimum Gasteiger partial charge on any atom is -0.483 e. The molecule has 34 heavy (non-hydrogen) atoms. The molecule has 0 atom stereocenters. The van der Waals surface area contributed by atoms with E-state index in [0.29, 0.717) is 6.42 Å². The summed E-state index contributed by atoms with van der Waals surface area (Å²) in [5.74, 6) is -0.618. The van der Waals surface area contributed by atoms with Crippen molar-refractivity contribution in [2.45, 2.75) is 32.9 Å². The van der Waals surface area contributed by atoms with Gasteiger partial charge < -0.3 is 10.5 Å². The minimum atomic E-state index is -0.796. The molecule has 11 heteroatoms. The highest BCUT2D eigenvalue weighted by atomic mass is 16.6. The number of anilines is 2. The zero-order valence-electron chi connectivity index (χ0n) is 18.6. The normalized spacial score (nSPS) is 10.6. The smallest absolute Gasteiger partial charge is 0.330 e. The van der Waals surface area contributed by atoms with Crippen LogP contribution in [0.3, 0.4) is 0 Å². The SMILES string of the molecule is CCCCn1c(N)c(N(Cc2ccccc2)C(=O)COc2cccc([N+](=O)[O-])c2)c(=O)[nH]c1=O. The average molecular weight is 467 g/mol. The van der Waals surface area contributed by atoms with Gasteiger partial charge in [-0.15, -0.1) is 0 Å². The molecule has 3 aromatic rings. The first-order valence-corrected chi connectivity index (χ1v) is 10.7. The highest BCUT2D eigenvalue weighted by Gasteiger charge is 2.25. The second kappa shape index (κ2) is 10.9. The second-order valence-corrected chi connectivity index (χ2v) is 7.51. The van der Waals surface area contributed by atoms with E-state index in [1.807, 2.05) is 13.0 Å². The lowest BCUT2D eigenvalue weighted by atomic mass is 10.2. The van der Waals surface area contributed by atoms with E-state index in [4.69, 9.17) is 10.5 Å². The molecule has 3 rings (SSSR count). The van der Waals surface area contributed by atoms with Gasteiger partial charge >= 0.3 is 5.69 Å². The van der Waals surface area contributed by atoms with Gasteiger partial charge in [0.05, 0.1) is 17.5 Å². The van der Waals surface area contributed by atoms with Crippen LogP contribution < -0.4 is 26.6 Å². The molecular weight excluding hydrogens is 442 g/mol. The fourth-order valence-corrected chi connectivity index (χ4v) is 3.34. The molecule has 0 aliphatic rings. The number of aromatic nitrogens is 2. The van der Waals surface area contributed by atoms with Crippen LogP contribution in [0, 0.1) is 10.1 Å². The number of ether oxygens (including phenoxy) is 1. The Morgan fingerprint density at radius 2 is 1.91 bits per heavy atom. The Hall–Kier alpha value is -4.41. The van der Waals surface area contributed by atoms with Crippen molar-refractivity contribution >= 4 is 23.1 Å². The molecule has 0 aliphatic heterocycles. The molecule has 0 unspecified atom stereocenters. The molecule has 0 saturated heterocycles. The minimum absolute atomic E-state index is 0.00275. The van der Waals surface area contributed by atoms with E-state index in [1.165, 1.54) is 28.8 Å². The Labute approximate surface area is 194 Å². The molecule has 0 spiro atoms. The van der Waals surface area contributed by atoms with E-state index in [0.717, 1.165) is 16.9 Å². The van der Waals surface area contributed by atoms with Gasteiger partial charge in [-0.2, -0.15) is 0 Å². The molecule has 0 aliphatic carbocycles. The lowest BCUT2D eigenvalue weighted by Crippen LogP contribution is -2.42. The Morgan fingerprint density at radius 3 is 2.59 bits per heavy atom. The molecule has 178 valence electrons. The van der Waals surface area contributed by atoms with Crippen LogP contribution in [-0.2, 0) is 17.9 Å². The van der Waals surface area contributed by atoms with Crippen LogP contribution in [-0.4, -0.2) is 27.0 Å². The molecule has 1 aromatic heterocycles. The maximum atomic E-state index is 13.2. The third-order valence-electron chi connectivity index (χ3n) is 5.09. The standard InChI is InChI=1S/C23H25N5O6/c1-2-3-12-26-21(24)20(22(30)25-23(26)31)27(14-16-8-5-4-6-9-16)19(29)15-34-18-11-7-10-17(13-18)28(32)33/h4-11,13H,2-3,12,14-15,24H2,1H3,(H,25,30,31). The Balaban J connectivity index is 1.97. The van der Waals surface area contributed by atoms with Gasteiger partial charge in [-0.25, -0.2) is 4.79 Å². The third kappa shape index (κ3) is 5.68. The number of nitro groups is 1. The number of carbonyl (C=O) groups excluding carboxylic acids is 1. The first-order chi connectivity index (χ1) is 16.3. The Bertz CT molecular complexity index is 1280. The number of nitrogens with zero attached hydrogens (tertiary/aromatic N) is 3. The van der Waals surface area contributed by atoms with Crippen LogP contribution in [0.2, 0.25) is 0 Å². The number of rotatable bonds is 10. The molecule has 0 radical (unpaired) electrons. The maximum absolute atomic E-state index is 13.2. The van der Waals surface area contributed by atoms with Gasteiger partial charge in [0, 0.05) is 12.6 Å². The van der Waals surface area contributed by atoms with E-state index >= 15 is 0 Å².